The van der Waals surface area contributed by atoms with Gasteiger partial charge in [0.1, 0.15) is 0 Å². The predicted octanol–water partition coefficient (Wildman–Crippen LogP) is 4.96. The maximum absolute atomic E-state index is 13.0. The molecule has 2 heterocycles. The van der Waals surface area contributed by atoms with E-state index < -0.39 is 0 Å². The summed E-state index contributed by atoms with van der Waals surface area (Å²) in [6.07, 6.45) is 3.82. The van der Waals surface area contributed by atoms with Crippen LogP contribution in [-0.2, 0) is 11.2 Å². The minimum Gasteiger partial charge on any atom is -0.345 e. The summed E-state index contributed by atoms with van der Waals surface area (Å²) in [5.41, 5.74) is 3.90. The second kappa shape index (κ2) is 8.80. The molecule has 0 unspecified atom stereocenters. The van der Waals surface area contributed by atoms with E-state index in [-0.39, 0.29) is 11.9 Å². The van der Waals surface area contributed by atoms with Gasteiger partial charge in [0.15, 0.2) is 0 Å². The van der Waals surface area contributed by atoms with Crippen molar-refractivity contribution < 1.29 is 4.79 Å². The molecule has 4 aromatic rings. The Bertz CT molecular complexity index is 1040. The number of nitrogens with zero attached hydrogens (tertiary/aromatic N) is 2. The monoisotopic (exact) mass is 399 g/mol. The quantitative estimate of drug-likeness (QED) is 0.498. The van der Waals surface area contributed by atoms with Crippen LogP contribution < -0.4 is 5.32 Å². The van der Waals surface area contributed by atoms with Crippen LogP contribution in [0.4, 0.5) is 0 Å². The number of amides is 1. The fourth-order valence-electron chi connectivity index (χ4n) is 3.32. The lowest BCUT2D eigenvalue weighted by atomic mass is 10.00. The first kappa shape index (κ1) is 19.0. The van der Waals surface area contributed by atoms with E-state index in [1.807, 2.05) is 79.7 Å². The Balaban J connectivity index is 1.59. The molecule has 144 valence electrons. The average Bonchev–Trinajstić information content (AvgIpc) is 3.14. The molecular formula is C24H21N3OS. The molecule has 4 rings (SSSR count). The van der Waals surface area contributed by atoms with Gasteiger partial charge in [-0.3, -0.25) is 9.78 Å². The first-order chi connectivity index (χ1) is 14.2. The minimum atomic E-state index is -0.244. The fourth-order valence-corrected chi connectivity index (χ4v) is 4.28. The second-order valence-electron chi connectivity index (χ2n) is 6.75. The maximum atomic E-state index is 13.0. The van der Waals surface area contributed by atoms with Crippen LogP contribution in [0.15, 0.2) is 85.2 Å². The minimum absolute atomic E-state index is 0.0384. The molecule has 0 radical (unpaired) electrons. The van der Waals surface area contributed by atoms with Crippen LogP contribution in [0.2, 0.25) is 0 Å². The highest BCUT2D eigenvalue weighted by atomic mass is 32.1. The Morgan fingerprint density at radius 2 is 1.66 bits per heavy atom. The Hall–Kier alpha value is -3.31. The third kappa shape index (κ3) is 4.58. The Morgan fingerprint density at radius 3 is 2.34 bits per heavy atom. The zero-order valence-electron chi connectivity index (χ0n) is 16.1. The van der Waals surface area contributed by atoms with E-state index in [0.717, 1.165) is 32.3 Å². The predicted molar refractivity (Wildman–Crippen MR) is 117 cm³/mol. The van der Waals surface area contributed by atoms with Crippen LogP contribution in [-0.4, -0.2) is 15.9 Å². The topological polar surface area (TPSA) is 54.9 Å². The van der Waals surface area contributed by atoms with Crippen molar-refractivity contribution in [1.82, 2.24) is 15.3 Å². The van der Waals surface area contributed by atoms with Crippen molar-refractivity contribution >= 4 is 17.2 Å². The van der Waals surface area contributed by atoms with Gasteiger partial charge in [0, 0.05) is 22.8 Å². The van der Waals surface area contributed by atoms with Crippen molar-refractivity contribution in [3.8, 4) is 11.3 Å². The normalized spacial score (nSPS) is 11.8. The summed E-state index contributed by atoms with van der Waals surface area (Å²) in [7, 11) is 0. The molecule has 2 aromatic heterocycles. The van der Waals surface area contributed by atoms with Gasteiger partial charge in [-0.2, -0.15) is 0 Å². The van der Waals surface area contributed by atoms with E-state index in [1.165, 1.54) is 0 Å². The van der Waals surface area contributed by atoms with Gasteiger partial charge < -0.3 is 5.32 Å². The Labute approximate surface area is 174 Å². The molecule has 0 fully saturated rings. The van der Waals surface area contributed by atoms with Gasteiger partial charge in [-0.25, -0.2) is 4.98 Å². The Kier molecular flexibility index (Phi) is 5.77. The number of thiazole rings is 1. The lowest BCUT2D eigenvalue weighted by Crippen LogP contribution is -2.30. The molecule has 1 atom stereocenters. The molecule has 0 spiro atoms. The molecule has 0 bridgehead atoms. The summed E-state index contributed by atoms with van der Waals surface area (Å²) >= 11 is 1.57. The number of pyridine rings is 1. The van der Waals surface area contributed by atoms with Crippen molar-refractivity contribution in [3.63, 3.8) is 0 Å². The SMILES string of the molecule is Cc1nc(-c2ccccc2)c(CC(=O)N[C@@H](c2ccccc2)c2cccnc2)s1. The number of hydrogen-bond acceptors (Lipinski definition) is 4. The van der Waals surface area contributed by atoms with Crippen molar-refractivity contribution in [2.24, 2.45) is 0 Å². The number of benzene rings is 2. The van der Waals surface area contributed by atoms with Crippen molar-refractivity contribution in [2.45, 2.75) is 19.4 Å². The summed E-state index contributed by atoms with van der Waals surface area (Å²) in [5, 5.41) is 4.14. The van der Waals surface area contributed by atoms with E-state index in [0.29, 0.717) is 6.42 Å². The van der Waals surface area contributed by atoms with Crippen LogP contribution in [0.3, 0.4) is 0 Å². The number of hydrogen-bond donors (Lipinski definition) is 1. The van der Waals surface area contributed by atoms with Gasteiger partial charge in [0.05, 0.1) is 23.2 Å². The van der Waals surface area contributed by atoms with Crippen molar-refractivity contribution in [2.75, 3.05) is 0 Å². The molecule has 29 heavy (non-hydrogen) atoms. The highest BCUT2D eigenvalue weighted by molar-refractivity contribution is 7.12. The number of carbonyl (C=O) groups is 1. The highest BCUT2D eigenvalue weighted by Crippen LogP contribution is 2.29. The first-order valence-electron chi connectivity index (χ1n) is 9.46. The fraction of sp³-hybridized carbons (Fsp3) is 0.125. The van der Waals surface area contributed by atoms with Crippen LogP contribution in [0.5, 0.6) is 0 Å². The van der Waals surface area contributed by atoms with Crippen molar-refractivity contribution in [1.29, 1.82) is 0 Å². The van der Waals surface area contributed by atoms with Gasteiger partial charge in [-0.1, -0.05) is 66.7 Å². The van der Waals surface area contributed by atoms with E-state index in [9.17, 15) is 4.79 Å². The van der Waals surface area contributed by atoms with E-state index in [2.05, 4.69) is 15.3 Å². The third-order valence-corrected chi connectivity index (χ3v) is 5.60. The summed E-state index contributed by atoms with van der Waals surface area (Å²) in [6, 6.07) is 23.6. The zero-order chi connectivity index (χ0) is 20.1. The van der Waals surface area contributed by atoms with E-state index >= 15 is 0 Å². The number of nitrogens with one attached hydrogen (secondary N) is 1. The molecule has 4 nitrogen and oxygen atoms in total. The van der Waals surface area contributed by atoms with Crippen molar-refractivity contribution in [3.05, 3.63) is 106 Å². The summed E-state index contributed by atoms with van der Waals surface area (Å²) in [6.45, 7) is 1.97. The Morgan fingerprint density at radius 1 is 0.966 bits per heavy atom. The van der Waals surface area contributed by atoms with Gasteiger partial charge >= 0.3 is 0 Å². The van der Waals surface area contributed by atoms with Crippen LogP contribution in [0, 0.1) is 6.92 Å². The molecular weight excluding hydrogens is 378 g/mol. The molecule has 5 heteroatoms. The molecule has 0 aliphatic carbocycles. The number of carbonyl (C=O) groups excluding carboxylic acids is 1. The largest absolute Gasteiger partial charge is 0.345 e. The third-order valence-electron chi connectivity index (χ3n) is 4.63. The molecule has 0 aliphatic heterocycles. The number of aromatic nitrogens is 2. The highest BCUT2D eigenvalue weighted by Gasteiger charge is 2.20. The van der Waals surface area contributed by atoms with Crippen LogP contribution in [0.25, 0.3) is 11.3 Å². The molecule has 1 N–H and O–H groups in total. The lowest BCUT2D eigenvalue weighted by molar-refractivity contribution is -0.120. The lowest BCUT2D eigenvalue weighted by Gasteiger charge is -2.19. The average molecular weight is 400 g/mol. The summed E-state index contributed by atoms with van der Waals surface area (Å²) < 4.78 is 0. The van der Waals surface area contributed by atoms with Gasteiger partial charge in [-0.15, -0.1) is 11.3 Å². The molecule has 0 aliphatic rings. The molecule has 0 saturated carbocycles. The number of rotatable bonds is 6. The van der Waals surface area contributed by atoms with Gasteiger partial charge in [-0.05, 0) is 24.1 Å². The number of aryl methyl sites for hydroxylation is 1. The zero-order valence-corrected chi connectivity index (χ0v) is 16.9. The molecule has 0 saturated heterocycles. The van der Waals surface area contributed by atoms with E-state index in [4.69, 9.17) is 0 Å². The van der Waals surface area contributed by atoms with Crippen LogP contribution in [0.1, 0.15) is 27.1 Å². The standard InChI is InChI=1S/C24H21N3OS/c1-17-26-24(19-11-6-3-7-12-19)21(29-17)15-22(28)27-23(18-9-4-2-5-10-18)20-13-8-14-25-16-20/h2-14,16,23H,15H2,1H3,(H,27,28)/t23-/m0/s1. The summed E-state index contributed by atoms with van der Waals surface area (Å²) in [5.74, 6) is -0.0384. The van der Waals surface area contributed by atoms with E-state index in [1.54, 1.807) is 23.7 Å². The van der Waals surface area contributed by atoms with Gasteiger partial charge in [0.2, 0.25) is 5.91 Å². The molecule has 1 amide bonds. The molecule has 2 aromatic carbocycles. The summed E-state index contributed by atoms with van der Waals surface area (Å²) in [4.78, 5) is 22.9. The van der Waals surface area contributed by atoms with Crippen LogP contribution >= 0.6 is 11.3 Å². The van der Waals surface area contributed by atoms with Gasteiger partial charge in [0.25, 0.3) is 0 Å². The smallest absolute Gasteiger partial charge is 0.226 e. The maximum Gasteiger partial charge on any atom is 0.226 e. The second-order valence-corrected chi connectivity index (χ2v) is 8.03. The first-order valence-corrected chi connectivity index (χ1v) is 10.3.